The summed E-state index contributed by atoms with van der Waals surface area (Å²) in [5.74, 6) is 1.30. The molecule has 2 saturated heterocycles. The monoisotopic (exact) mass is 377 g/mol. The molecule has 1 amide bonds. The van der Waals surface area contributed by atoms with Crippen LogP contribution in [0, 0.1) is 0 Å². The number of nitrogens with zero attached hydrogens (tertiary/aromatic N) is 3. The number of likely N-dealkylation sites (N-methyl/N-ethyl adjacent to an activating group) is 1. The Bertz CT molecular complexity index is 836. The largest absolute Gasteiger partial charge is 0.488 e. The fourth-order valence-corrected chi connectivity index (χ4v) is 5.05. The molecule has 2 aromatic carbocycles. The van der Waals surface area contributed by atoms with Gasteiger partial charge in [0.05, 0.1) is 6.67 Å². The van der Waals surface area contributed by atoms with Crippen LogP contribution in [0.1, 0.15) is 18.4 Å². The maximum absolute atomic E-state index is 13.1. The van der Waals surface area contributed by atoms with Crippen molar-refractivity contribution in [2.75, 3.05) is 38.3 Å². The van der Waals surface area contributed by atoms with E-state index in [1.54, 1.807) is 0 Å². The minimum atomic E-state index is -0.397. The average Bonchev–Trinajstić information content (AvgIpc) is 3.24. The van der Waals surface area contributed by atoms with Crippen LogP contribution in [-0.4, -0.2) is 60.7 Å². The van der Waals surface area contributed by atoms with Crippen molar-refractivity contribution in [2.45, 2.75) is 30.9 Å². The predicted octanol–water partition coefficient (Wildman–Crippen LogP) is 2.76. The van der Waals surface area contributed by atoms with Crippen molar-refractivity contribution >= 4 is 11.6 Å². The van der Waals surface area contributed by atoms with Gasteiger partial charge in [-0.25, -0.2) is 0 Å². The summed E-state index contributed by atoms with van der Waals surface area (Å²) in [5.41, 5.74) is 2.05. The summed E-state index contributed by atoms with van der Waals surface area (Å²) in [6.07, 6.45) is 2.93. The molecular weight excluding hydrogens is 350 g/mol. The number of ether oxygens (including phenoxy) is 1. The standard InChI is InChI=1S/C23H27N3O2/c1-24-17-26(19-8-3-2-4-9-19)23(22(24)27)11-13-25(14-12-23)16-20-15-18-7-5-6-10-21(18)28-20/h2-10,20H,11-17H2,1H3. The molecule has 28 heavy (non-hydrogen) atoms. The van der Waals surface area contributed by atoms with E-state index in [2.05, 4.69) is 52.3 Å². The quantitative estimate of drug-likeness (QED) is 0.824. The maximum Gasteiger partial charge on any atom is 0.249 e. The number of anilines is 1. The fourth-order valence-electron chi connectivity index (χ4n) is 5.05. The first kappa shape index (κ1) is 17.6. The number of hydrogen-bond donors (Lipinski definition) is 0. The number of carbonyl (C=O) groups is 1. The third-order valence-electron chi connectivity index (χ3n) is 6.54. The molecule has 1 unspecified atom stereocenters. The highest BCUT2D eigenvalue weighted by Crippen LogP contribution is 2.39. The third kappa shape index (κ3) is 2.85. The van der Waals surface area contributed by atoms with Crippen LogP contribution in [0.4, 0.5) is 5.69 Å². The Morgan fingerprint density at radius 2 is 1.75 bits per heavy atom. The maximum atomic E-state index is 13.1. The molecule has 0 aliphatic carbocycles. The number of likely N-dealkylation sites (tertiary alicyclic amines) is 1. The Kier molecular flexibility index (Phi) is 4.27. The lowest BCUT2D eigenvalue weighted by molar-refractivity contribution is -0.132. The summed E-state index contributed by atoms with van der Waals surface area (Å²) < 4.78 is 6.13. The zero-order chi connectivity index (χ0) is 19.1. The predicted molar refractivity (Wildman–Crippen MR) is 110 cm³/mol. The number of carbonyl (C=O) groups excluding carboxylic acids is 1. The van der Waals surface area contributed by atoms with E-state index in [0.717, 1.165) is 50.3 Å². The highest BCUT2D eigenvalue weighted by Gasteiger charge is 2.52. The van der Waals surface area contributed by atoms with Crippen molar-refractivity contribution in [3.05, 3.63) is 60.2 Å². The van der Waals surface area contributed by atoms with Crippen LogP contribution in [-0.2, 0) is 11.2 Å². The van der Waals surface area contributed by atoms with E-state index < -0.39 is 5.54 Å². The molecule has 3 aliphatic heterocycles. The Hall–Kier alpha value is -2.53. The van der Waals surface area contributed by atoms with Crippen molar-refractivity contribution in [3.63, 3.8) is 0 Å². The molecule has 5 nitrogen and oxygen atoms in total. The van der Waals surface area contributed by atoms with Gasteiger partial charge in [-0.2, -0.15) is 0 Å². The second-order valence-corrected chi connectivity index (χ2v) is 8.29. The molecule has 0 N–H and O–H groups in total. The van der Waals surface area contributed by atoms with Crippen LogP contribution in [0.5, 0.6) is 5.75 Å². The Labute approximate surface area is 166 Å². The first-order chi connectivity index (χ1) is 13.7. The van der Waals surface area contributed by atoms with Gasteiger partial charge in [0.15, 0.2) is 0 Å². The van der Waals surface area contributed by atoms with Crippen molar-refractivity contribution in [3.8, 4) is 5.75 Å². The third-order valence-corrected chi connectivity index (χ3v) is 6.54. The van der Waals surface area contributed by atoms with Gasteiger partial charge in [0.25, 0.3) is 0 Å². The van der Waals surface area contributed by atoms with Gasteiger partial charge >= 0.3 is 0 Å². The molecule has 0 aromatic heterocycles. The number of fused-ring (bicyclic) bond motifs is 1. The Balaban J connectivity index is 1.27. The van der Waals surface area contributed by atoms with E-state index in [9.17, 15) is 4.79 Å². The van der Waals surface area contributed by atoms with Crippen LogP contribution in [0.3, 0.4) is 0 Å². The normalized spacial score (nSPS) is 23.9. The first-order valence-electron chi connectivity index (χ1n) is 10.2. The summed E-state index contributed by atoms with van der Waals surface area (Å²) >= 11 is 0. The molecule has 0 bridgehead atoms. The molecule has 1 atom stereocenters. The van der Waals surface area contributed by atoms with Gasteiger partial charge < -0.3 is 14.5 Å². The number of benzene rings is 2. The SMILES string of the molecule is CN1CN(c2ccccc2)C2(CCN(CC3Cc4ccccc4O3)CC2)C1=O. The number of rotatable bonds is 3. The van der Waals surface area contributed by atoms with E-state index in [0.29, 0.717) is 6.67 Å². The number of amides is 1. The highest BCUT2D eigenvalue weighted by molar-refractivity contribution is 5.93. The van der Waals surface area contributed by atoms with Crippen LogP contribution < -0.4 is 9.64 Å². The van der Waals surface area contributed by atoms with Gasteiger partial charge in [-0.1, -0.05) is 36.4 Å². The van der Waals surface area contributed by atoms with E-state index >= 15 is 0 Å². The molecule has 2 aromatic rings. The van der Waals surface area contributed by atoms with Crippen molar-refractivity contribution in [2.24, 2.45) is 0 Å². The zero-order valence-corrected chi connectivity index (χ0v) is 16.4. The number of hydrogen-bond acceptors (Lipinski definition) is 4. The van der Waals surface area contributed by atoms with E-state index in [-0.39, 0.29) is 12.0 Å². The zero-order valence-electron chi connectivity index (χ0n) is 16.4. The lowest BCUT2D eigenvalue weighted by Gasteiger charge is -2.43. The second kappa shape index (κ2) is 6.82. The van der Waals surface area contributed by atoms with Gasteiger partial charge in [0.1, 0.15) is 17.4 Å². The summed E-state index contributed by atoms with van der Waals surface area (Å²) in [7, 11) is 1.92. The first-order valence-corrected chi connectivity index (χ1v) is 10.2. The molecule has 3 aliphatic rings. The van der Waals surface area contributed by atoms with Crippen molar-refractivity contribution < 1.29 is 9.53 Å². The van der Waals surface area contributed by atoms with Crippen LogP contribution in [0.2, 0.25) is 0 Å². The molecule has 5 rings (SSSR count). The Morgan fingerprint density at radius 3 is 2.50 bits per heavy atom. The summed E-state index contributed by atoms with van der Waals surface area (Å²) in [5, 5.41) is 0. The summed E-state index contributed by atoms with van der Waals surface area (Å²) in [6, 6.07) is 18.7. The van der Waals surface area contributed by atoms with E-state index in [1.807, 2.05) is 24.1 Å². The Morgan fingerprint density at radius 1 is 1.04 bits per heavy atom. The van der Waals surface area contributed by atoms with Crippen LogP contribution in [0.25, 0.3) is 0 Å². The molecule has 2 fully saturated rings. The topological polar surface area (TPSA) is 36.0 Å². The average molecular weight is 377 g/mol. The number of piperidine rings is 1. The van der Waals surface area contributed by atoms with Gasteiger partial charge in [0.2, 0.25) is 5.91 Å². The van der Waals surface area contributed by atoms with Gasteiger partial charge in [-0.3, -0.25) is 9.69 Å². The smallest absolute Gasteiger partial charge is 0.249 e. The van der Waals surface area contributed by atoms with Crippen molar-refractivity contribution in [1.29, 1.82) is 0 Å². The summed E-state index contributed by atoms with van der Waals surface area (Å²) in [6.45, 7) is 3.46. The van der Waals surface area contributed by atoms with Gasteiger partial charge in [-0.15, -0.1) is 0 Å². The fraction of sp³-hybridized carbons (Fsp3) is 0.435. The molecule has 5 heteroatoms. The van der Waals surface area contributed by atoms with Crippen molar-refractivity contribution in [1.82, 2.24) is 9.80 Å². The van der Waals surface area contributed by atoms with Crippen LogP contribution >= 0.6 is 0 Å². The molecule has 3 heterocycles. The summed E-state index contributed by atoms with van der Waals surface area (Å²) in [4.78, 5) is 19.8. The second-order valence-electron chi connectivity index (χ2n) is 8.29. The molecule has 1 spiro atoms. The highest BCUT2D eigenvalue weighted by atomic mass is 16.5. The van der Waals surface area contributed by atoms with Gasteiger partial charge in [-0.05, 0) is 36.6 Å². The van der Waals surface area contributed by atoms with Gasteiger partial charge in [0, 0.05) is 38.8 Å². The number of para-hydroxylation sites is 2. The van der Waals surface area contributed by atoms with E-state index in [1.165, 1.54) is 5.56 Å². The minimum Gasteiger partial charge on any atom is -0.488 e. The lowest BCUT2D eigenvalue weighted by atomic mass is 9.85. The molecular formula is C23H27N3O2. The minimum absolute atomic E-state index is 0.221. The van der Waals surface area contributed by atoms with Crippen LogP contribution in [0.15, 0.2) is 54.6 Å². The van der Waals surface area contributed by atoms with E-state index in [4.69, 9.17) is 4.74 Å². The molecule has 0 saturated carbocycles. The lowest BCUT2D eigenvalue weighted by Crippen LogP contribution is -2.57. The molecule has 146 valence electrons. The molecule has 0 radical (unpaired) electrons.